The van der Waals surface area contributed by atoms with Gasteiger partial charge in [-0.05, 0) is 67.3 Å². The number of pyridine rings is 1. The predicted molar refractivity (Wildman–Crippen MR) is 108 cm³/mol. The van der Waals surface area contributed by atoms with E-state index in [2.05, 4.69) is 10.3 Å². The molecule has 1 aliphatic heterocycles. The first-order chi connectivity index (χ1) is 13.7. The number of rotatable bonds is 5. The summed E-state index contributed by atoms with van der Waals surface area (Å²) >= 11 is 0. The maximum absolute atomic E-state index is 12.7. The van der Waals surface area contributed by atoms with Crippen molar-refractivity contribution in [3.63, 3.8) is 0 Å². The number of nitrogens with one attached hydrogen (secondary N) is 1. The Labute approximate surface area is 165 Å². The van der Waals surface area contributed by atoms with Crippen molar-refractivity contribution < 1.29 is 14.3 Å². The van der Waals surface area contributed by atoms with Crippen LogP contribution in [-0.2, 0) is 6.61 Å². The Morgan fingerprint density at radius 3 is 2.68 bits per heavy atom. The van der Waals surface area contributed by atoms with Crippen LogP contribution in [0.4, 0.5) is 10.5 Å². The highest BCUT2D eigenvalue weighted by molar-refractivity contribution is 5.89. The van der Waals surface area contributed by atoms with Crippen LogP contribution in [0.15, 0.2) is 42.7 Å². The molecule has 6 heteroatoms. The van der Waals surface area contributed by atoms with Gasteiger partial charge in [-0.1, -0.05) is 0 Å². The average molecular weight is 381 g/mol. The second kappa shape index (κ2) is 8.09. The van der Waals surface area contributed by atoms with Crippen molar-refractivity contribution in [1.29, 1.82) is 0 Å². The topological polar surface area (TPSA) is 63.7 Å². The van der Waals surface area contributed by atoms with Crippen molar-refractivity contribution in [2.45, 2.75) is 38.7 Å². The van der Waals surface area contributed by atoms with Crippen molar-refractivity contribution >= 4 is 11.7 Å². The van der Waals surface area contributed by atoms with E-state index in [-0.39, 0.29) is 6.03 Å². The zero-order valence-corrected chi connectivity index (χ0v) is 16.3. The molecule has 2 aromatic rings. The van der Waals surface area contributed by atoms with Crippen molar-refractivity contribution in [3.8, 4) is 11.5 Å². The first-order valence-electron chi connectivity index (χ1n) is 9.93. The number of carbonyl (C=O) groups excluding carboxylic acids is 1. The number of urea groups is 1. The molecule has 1 aromatic carbocycles. The van der Waals surface area contributed by atoms with E-state index < -0.39 is 0 Å². The average Bonchev–Trinajstić information content (AvgIpc) is 3.53. The van der Waals surface area contributed by atoms with Crippen molar-refractivity contribution in [3.05, 3.63) is 48.3 Å². The van der Waals surface area contributed by atoms with Crippen LogP contribution >= 0.6 is 0 Å². The molecular weight excluding hydrogens is 354 g/mol. The summed E-state index contributed by atoms with van der Waals surface area (Å²) in [6.07, 6.45) is 9.61. The van der Waals surface area contributed by atoms with E-state index in [0.29, 0.717) is 29.2 Å². The molecule has 1 saturated carbocycles. The van der Waals surface area contributed by atoms with Crippen LogP contribution in [0.25, 0.3) is 0 Å². The molecule has 1 aliphatic carbocycles. The van der Waals surface area contributed by atoms with Gasteiger partial charge in [0.25, 0.3) is 0 Å². The lowest BCUT2D eigenvalue weighted by Gasteiger charge is -2.21. The fourth-order valence-electron chi connectivity index (χ4n) is 3.84. The summed E-state index contributed by atoms with van der Waals surface area (Å²) in [4.78, 5) is 18.7. The Kier molecular flexibility index (Phi) is 5.37. The van der Waals surface area contributed by atoms with Gasteiger partial charge in [0.2, 0.25) is 0 Å². The number of aromatic nitrogens is 1. The molecular formula is C22H27N3O3. The second-order valence-corrected chi connectivity index (χ2v) is 7.78. The smallest absolute Gasteiger partial charge is 0.321 e. The van der Waals surface area contributed by atoms with Crippen LogP contribution < -0.4 is 14.8 Å². The van der Waals surface area contributed by atoms with E-state index in [1.54, 1.807) is 19.5 Å². The SMILES string of the molecule is COc1ccc(NC(=O)N2CCCC3(CC2)CC3)cc1OCc1ccncc1. The van der Waals surface area contributed by atoms with E-state index in [1.807, 2.05) is 35.2 Å². The zero-order chi connectivity index (χ0) is 19.4. The number of benzene rings is 1. The number of anilines is 1. The van der Waals surface area contributed by atoms with Gasteiger partial charge in [-0.2, -0.15) is 0 Å². The standard InChI is InChI=1S/C22H27N3O3/c1-27-19-4-3-18(15-20(19)28-16-17-5-11-23-12-6-17)24-21(26)25-13-2-7-22(8-9-22)10-14-25/h3-6,11-12,15H,2,7-10,13-14,16H2,1H3,(H,24,26). The number of amides is 2. The Bertz CT molecular complexity index is 821. The van der Waals surface area contributed by atoms with E-state index in [1.165, 1.54) is 19.3 Å². The third kappa shape index (κ3) is 4.38. The zero-order valence-electron chi connectivity index (χ0n) is 16.3. The highest BCUT2D eigenvalue weighted by atomic mass is 16.5. The molecule has 0 bridgehead atoms. The summed E-state index contributed by atoms with van der Waals surface area (Å²) in [7, 11) is 1.61. The molecule has 1 aromatic heterocycles. The number of hydrogen-bond acceptors (Lipinski definition) is 4. The molecule has 0 unspecified atom stereocenters. The third-order valence-corrected chi connectivity index (χ3v) is 5.85. The second-order valence-electron chi connectivity index (χ2n) is 7.78. The summed E-state index contributed by atoms with van der Waals surface area (Å²) in [5, 5.41) is 3.02. The highest BCUT2D eigenvalue weighted by Crippen LogP contribution is 2.53. The predicted octanol–water partition coefficient (Wildman–Crippen LogP) is 4.47. The molecule has 0 radical (unpaired) electrons. The number of hydrogen-bond donors (Lipinski definition) is 1. The van der Waals surface area contributed by atoms with E-state index >= 15 is 0 Å². The Morgan fingerprint density at radius 2 is 1.93 bits per heavy atom. The fourth-order valence-corrected chi connectivity index (χ4v) is 3.84. The number of ether oxygens (including phenoxy) is 2. The molecule has 1 spiro atoms. The maximum atomic E-state index is 12.7. The summed E-state index contributed by atoms with van der Waals surface area (Å²) in [5.41, 5.74) is 2.27. The largest absolute Gasteiger partial charge is 0.493 e. The van der Waals surface area contributed by atoms with Gasteiger partial charge >= 0.3 is 6.03 Å². The summed E-state index contributed by atoms with van der Waals surface area (Å²) in [6, 6.07) is 9.25. The third-order valence-electron chi connectivity index (χ3n) is 5.85. The molecule has 2 fully saturated rings. The van der Waals surface area contributed by atoms with Gasteiger partial charge in [0, 0.05) is 37.2 Å². The number of nitrogens with zero attached hydrogens (tertiary/aromatic N) is 2. The normalized spacial score (nSPS) is 17.7. The lowest BCUT2D eigenvalue weighted by atomic mass is 9.98. The van der Waals surface area contributed by atoms with Gasteiger partial charge in [0.15, 0.2) is 11.5 Å². The first-order valence-corrected chi connectivity index (χ1v) is 9.93. The van der Waals surface area contributed by atoms with Gasteiger partial charge < -0.3 is 19.7 Å². The fraction of sp³-hybridized carbons (Fsp3) is 0.455. The maximum Gasteiger partial charge on any atom is 0.321 e. The summed E-state index contributed by atoms with van der Waals surface area (Å²) in [6.45, 7) is 2.08. The van der Waals surface area contributed by atoms with Crippen molar-refractivity contribution in [2.75, 3.05) is 25.5 Å². The molecule has 2 amide bonds. The molecule has 4 rings (SSSR count). The van der Waals surface area contributed by atoms with Gasteiger partial charge in [-0.25, -0.2) is 4.79 Å². The van der Waals surface area contributed by atoms with Crippen LogP contribution in [0.1, 0.15) is 37.7 Å². The van der Waals surface area contributed by atoms with Crippen LogP contribution in [0, 0.1) is 5.41 Å². The number of methoxy groups -OCH3 is 1. The minimum absolute atomic E-state index is 0.0389. The van der Waals surface area contributed by atoms with E-state index in [9.17, 15) is 4.79 Å². The Balaban J connectivity index is 1.40. The number of likely N-dealkylation sites (tertiary alicyclic amines) is 1. The minimum atomic E-state index is -0.0389. The van der Waals surface area contributed by atoms with Crippen LogP contribution in [0.5, 0.6) is 11.5 Å². The Morgan fingerprint density at radius 1 is 1.11 bits per heavy atom. The summed E-state index contributed by atoms with van der Waals surface area (Å²) < 4.78 is 11.3. The molecule has 1 saturated heterocycles. The molecule has 148 valence electrons. The van der Waals surface area contributed by atoms with E-state index in [4.69, 9.17) is 9.47 Å². The molecule has 2 heterocycles. The summed E-state index contributed by atoms with van der Waals surface area (Å²) in [5.74, 6) is 1.24. The quantitative estimate of drug-likeness (QED) is 0.830. The molecule has 1 N–H and O–H groups in total. The molecule has 28 heavy (non-hydrogen) atoms. The lowest BCUT2D eigenvalue weighted by molar-refractivity contribution is 0.213. The van der Waals surface area contributed by atoms with Crippen molar-refractivity contribution in [1.82, 2.24) is 9.88 Å². The number of carbonyl (C=O) groups is 1. The van der Waals surface area contributed by atoms with Crippen LogP contribution in [0.3, 0.4) is 0 Å². The van der Waals surface area contributed by atoms with Crippen molar-refractivity contribution in [2.24, 2.45) is 5.41 Å². The Hall–Kier alpha value is -2.76. The monoisotopic (exact) mass is 381 g/mol. The first kappa shape index (κ1) is 18.6. The molecule has 2 aliphatic rings. The van der Waals surface area contributed by atoms with Crippen LogP contribution in [0.2, 0.25) is 0 Å². The van der Waals surface area contributed by atoms with E-state index in [0.717, 1.165) is 31.5 Å². The molecule has 0 atom stereocenters. The van der Waals surface area contributed by atoms with Gasteiger partial charge in [0.05, 0.1) is 7.11 Å². The lowest BCUT2D eigenvalue weighted by Crippen LogP contribution is -2.35. The highest BCUT2D eigenvalue weighted by Gasteiger charge is 2.43. The van der Waals surface area contributed by atoms with Crippen LogP contribution in [-0.4, -0.2) is 36.1 Å². The minimum Gasteiger partial charge on any atom is -0.493 e. The van der Waals surface area contributed by atoms with Gasteiger partial charge in [0.1, 0.15) is 6.61 Å². The van der Waals surface area contributed by atoms with Gasteiger partial charge in [-0.3, -0.25) is 4.98 Å². The van der Waals surface area contributed by atoms with Gasteiger partial charge in [-0.15, -0.1) is 0 Å². The molecule has 6 nitrogen and oxygen atoms in total.